The number of aliphatic carboxylic acids is 1. The lowest BCUT2D eigenvalue weighted by molar-refractivity contribution is -0.142. The van der Waals surface area contributed by atoms with E-state index in [1.807, 2.05) is 42.5 Å². The highest BCUT2D eigenvalue weighted by Gasteiger charge is 2.36. The van der Waals surface area contributed by atoms with Gasteiger partial charge in [0.1, 0.15) is 0 Å². The minimum absolute atomic E-state index is 0.141. The summed E-state index contributed by atoms with van der Waals surface area (Å²) in [6, 6.07) is 16.6. The second-order valence-corrected chi connectivity index (χ2v) is 6.86. The van der Waals surface area contributed by atoms with Gasteiger partial charge in [-0.25, -0.2) is 0 Å². The lowest BCUT2D eigenvalue weighted by atomic mass is 9.86. The molecule has 0 radical (unpaired) electrons. The Morgan fingerprint density at radius 1 is 1.04 bits per heavy atom. The fourth-order valence-electron chi connectivity index (χ4n) is 3.68. The average molecular weight is 354 g/mol. The van der Waals surface area contributed by atoms with E-state index in [4.69, 9.17) is 11.6 Å². The molecule has 0 fully saturated rings. The highest BCUT2D eigenvalue weighted by atomic mass is 35.5. The van der Waals surface area contributed by atoms with E-state index in [9.17, 15) is 14.7 Å². The molecule has 4 rings (SSSR count). The smallest absolute Gasteiger partial charge is 0.306 e. The minimum Gasteiger partial charge on any atom is -0.481 e. The van der Waals surface area contributed by atoms with Crippen molar-refractivity contribution in [3.8, 4) is 0 Å². The van der Waals surface area contributed by atoms with Crippen LogP contribution in [0.4, 0.5) is 0 Å². The zero-order valence-corrected chi connectivity index (χ0v) is 14.1. The molecule has 0 amide bonds. The normalized spacial score (nSPS) is 19.6. The summed E-state index contributed by atoms with van der Waals surface area (Å²) in [5, 5.41) is 9.81. The van der Waals surface area contributed by atoms with E-state index in [0.29, 0.717) is 18.4 Å². The number of carboxylic acids is 1. The van der Waals surface area contributed by atoms with Crippen LogP contribution in [0.3, 0.4) is 0 Å². The number of hydrogen-bond donors (Lipinski definition) is 1. The summed E-state index contributed by atoms with van der Waals surface area (Å²) in [6.07, 6.45) is 0.714. The van der Waals surface area contributed by atoms with Crippen molar-refractivity contribution in [2.75, 3.05) is 0 Å². The number of carbonyl (C=O) groups is 2. The van der Waals surface area contributed by atoms with E-state index in [2.05, 4.69) is 0 Å². The molecule has 0 aliphatic heterocycles. The van der Waals surface area contributed by atoms with E-state index >= 15 is 0 Å². The number of rotatable bonds is 2. The van der Waals surface area contributed by atoms with Crippen molar-refractivity contribution in [1.82, 2.24) is 4.57 Å². The van der Waals surface area contributed by atoms with Gasteiger partial charge >= 0.3 is 5.97 Å². The molecular formula is C20H16ClNO3. The maximum Gasteiger partial charge on any atom is 0.306 e. The first-order valence-electron chi connectivity index (χ1n) is 8.16. The molecule has 0 spiro atoms. The summed E-state index contributed by atoms with van der Waals surface area (Å²) >= 11 is 6.56. The summed E-state index contributed by atoms with van der Waals surface area (Å²) < 4.78 is 1.66. The van der Waals surface area contributed by atoms with Crippen LogP contribution in [-0.4, -0.2) is 21.6 Å². The molecule has 5 heteroatoms. The van der Waals surface area contributed by atoms with Crippen LogP contribution in [0.25, 0.3) is 10.9 Å². The number of nitrogens with zero attached hydrogens (tertiary/aromatic N) is 1. The number of aromatic nitrogens is 1. The second-order valence-electron chi connectivity index (χ2n) is 6.33. The molecule has 4 nitrogen and oxygen atoms in total. The number of halogens is 1. The van der Waals surface area contributed by atoms with E-state index in [0.717, 1.165) is 22.2 Å². The first-order valence-corrected chi connectivity index (χ1v) is 8.60. The van der Waals surface area contributed by atoms with E-state index in [-0.39, 0.29) is 5.91 Å². The zero-order chi connectivity index (χ0) is 17.6. The number of carboxylic acid groups (broad SMARTS) is 1. The average Bonchev–Trinajstić information content (AvgIpc) is 2.97. The lowest BCUT2D eigenvalue weighted by Crippen LogP contribution is -2.26. The van der Waals surface area contributed by atoms with Crippen LogP contribution in [-0.2, 0) is 11.2 Å². The highest BCUT2D eigenvalue weighted by Crippen LogP contribution is 2.43. The summed E-state index contributed by atoms with van der Waals surface area (Å²) in [7, 11) is 0. The summed E-state index contributed by atoms with van der Waals surface area (Å²) in [5.74, 6) is -1.51. The van der Waals surface area contributed by atoms with E-state index < -0.39 is 17.3 Å². The molecule has 126 valence electrons. The van der Waals surface area contributed by atoms with Gasteiger partial charge in [0, 0.05) is 16.6 Å². The van der Waals surface area contributed by atoms with Gasteiger partial charge in [0.2, 0.25) is 0 Å². The monoisotopic (exact) mass is 353 g/mol. The van der Waals surface area contributed by atoms with Gasteiger partial charge in [0.05, 0.1) is 16.8 Å². The number of para-hydroxylation sites is 1. The molecule has 1 aliphatic carbocycles. The third kappa shape index (κ3) is 2.53. The molecule has 1 aromatic heterocycles. The van der Waals surface area contributed by atoms with Gasteiger partial charge in [-0.3, -0.25) is 14.2 Å². The first kappa shape index (κ1) is 15.9. The van der Waals surface area contributed by atoms with Crippen LogP contribution >= 0.6 is 11.6 Å². The maximum atomic E-state index is 13.1. The Morgan fingerprint density at radius 3 is 2.44 bits per heavy atom. The highest BCUT2D eigenvalue weighted by molar-refractivity contribution is 6.22. The molecule has 3 aromatic rings. The van der Waals surface area contributed by atoms with Crippen molar-refractivity contribution in [1.29, 1.82) is 0 Å². The molecule has 0 saturated heterocycles. The summed E-state index contributed by atoms with van der Waals surface area (Å²) in [4.78, 5) is 24.6. The number of benzene rings is 2. The Labute approximate surface area is 149 Å². The Morgan fingerprint density at radius 2 is 1.72 bits per heavy atom. The van der Waals surface area contributed by atoms with Crippen molar-refractivity contribution >= 4 is 34.4 Å². The zero-order valence-electron chi connectivity index (χ0n) is 13.4. The molecule has 25 heavy (non-hydrogen) atoms. The van der Waals surface area contributed by atoms with Gasteiger partial charge in [0.15, 0.2) is 0 Å². The SMILES string of the molecule is O=C(O)C1Cc2c(n(C(=O)c3ccccc3)c3ccccc23)C(Cl)C1. The van der Waals surface area contributed by atoms with E-state index in [1.54, 1.807) is 16.7 Å². The Hall–Kier alpha value is -2.59. The van der Waals surface area contributed by atoms with Crippen molar-refractivity contribution < 1.29 is 14.7 Å². The Bertz CT molecular complexity index is 977. The molecule has 1 heterocycles. The van der Waals surface area contributed by atoms with Gasteiger partial charge < -0.3 is 5.11 Å². The predicted molar refractivity (Wildman–Crippen MR) is 96.1 cm³/mol. The van der Waals surface area contributed by atoms with Crippen molar-refractivity contribution in [2.45, 2.75) is 18.2 Å². The molecule has 0 bridgehead atoms. The third-order valence-corrected chi connectivity index (χ3v) is 5.22. The van der Waals surface area contributed by atoms with Gasteiger partial charge in [-0.15, -0.1) is 11.6 Å². The number of fused-ring (bicyclic) bond motifs is 3. The molecule has 2 atom stereocenters. The number of carbonyl (C=O) groups excluding carboxylic acids is 1. The fraction of sp³-hybridized carbons (Fsp3) is 0.200. The van der Waals surface area contributed by atoms with Crippen molar-refractivity contribution in [3.05, 3.63) is 71.4 Å². The van der Waals surface area contributed by atoms with Crippen molar-refractivity contribution in [2.24, 2.45) is 5.92 Å². The minimum atomic E-state index is -0.845. The van der Waals surface area contributed by atoms with Gasteiger partial charge in [-0.05, 0) is 36.6 Å². The maximum absolute atomic E-state index is 13.1. The van der Waals surface area contributed by atoms with Crippen LogP contribution in [0.1, 0.15) is 33.4 Å². The Balaban J connectivity index is 1.96. The second kappa shape index (κ2) is 6.05. The van der Waals surface area contributed by atoms with Crippen LogP contribution in [0.2, 0.25) is 0 Å². The summed E-state index contributed by atoms with van der Waals surface area (Å²) in [5.41, 5.74) is 2.96. The quantitative estimate of drug-likeness (QED) is 0.700. The van der Waals surface area contributed by atoms with E-state index in [1.165, 1.54) is 0 Å². The standard InChI is InChI=1S/C20H16ClNO3/c21-16-11-13(20(24)25)10-15-14-8-4-5-9-17(14)22(18(15)16)19(23)12-6-2-1-3-7-12/h1-9,13,16H,10-11H2,(H,24,25). The van der Waals surface area contributed by atoms with Crippen LogP contribution < -0.4 is 0 Å². The summed E-state index contributed by atoms with van der Waals surface area (Å²) in [6.45, 7) is 0. The number of alkyl halides is 1. The molecule has 1 aliphatic rings. The van der Waals surface area contributed by atoms with Crippen LogP contribution in [0.15, 0.2) is 54.6 Å². The number of hydrogen-bond acceptors (Lipinski definition) is 2. The predicted octanol–water partition coefficient (Wildman–Crippen LogP) is 4.26. The topological polar surface area (TPSA) is 59.3 Å². The van der Waals surface area contributed by atoms with Gasteiger partial charge in [-0.2, -0.15) is 0 Å². The molecule has 0 saturated carbocycles. The molecule has 2 unspecified atom stereocenters. The van der Waals surface area contributed by atoms with Gasteiger partial charge in [-0.1, -0.05) is 36.4 Å². The molecular weight excluding hydrogens is 338 g/mol. The lowest BCUT2D eigenvalue weighted by Gasteiger charge is -2.25. The van der Waals surface area contributed by atoms with Gasteiger partial charge in [0.25, 0.3) is 5.91 Å². The van der Waals surface area contributed by atoms with Crippen LogP contribution in [0.5, 0.6) is 0 Å². The first-order chi connectivity index (χ1) is 12.1. The fourth-order valence-corrected chi connectivity index (χ4v) is 4.12. The largest absolute Gasteiger partial charge is 0.481 e. The molecule has 2 aromatic carbocycles. The van der Waals surface area contributed by atoms with Crippen LogP contribution in [0, 0.1) is 5.92 Å². The third-order valence-electron chi connectivity index (χ3n) is 4.83. The van der Waals surface area contributed by atoms with Crippen molar-refractivity contribution in [3.63, 3.8) is 0 Å². The molecule has 1 N–H and O–H groups in total. The Kier molecular flexibility index (Phi) is 3.85.